The zero-order valence-electron chi connectivity index (χ0n) is 27.8. The molecule has 2 heterocycles. The van der Waals surface area contributed by atoms with Crippen molar-refractivity contribution in [2.75, 3.05) is 11.9 Å². The minimum atomic E-state index is -3.61. The molecule has 3 fully saturated rings. The molecule has 260 valence electrons. The van der Waals surface area contributed by atoms with Gasteiger partial charge in [-0.2, -0.15) is 0 Å². The Morgan fingerprint density at radius 2 is 1.80 bits per heavy atom. The molecule has 1 aromatic heterocycles. The lowest BCUT2D eigenvalue weighted by Gasteiger charge is -2.28. The number of hydrogen-bond acceptors (Lipinski definition) is 8. The van der Waals surface area contributed by atoms with E-state index in [9.17, 15) is 22.8 Å². The van der Waals surface area contributed by atoms with Crippen LogP contribution in [0.2, 0.25) is 0 Å². The second-order valence-electron chi connectivity index (χ2n) is 13.8. The molecule has 12 heteroatoms. The summed E-state index contributed by atoms with van der Waals surface area (Å²) in [4.78, 5) is 45.0. The Bertz CT molecular complexity index is 1810. The van der Waals surface area contributed by atoms with Gasteiger partial charge in [-0.15, -0.1) is 0 Å². The van der Waals surface area contributed by atoms with Gasteiger partial charge in [-0.3, -0.25) is 19.1 Å². The van der Waals surface area contributed by atoms with Crippen LogP contribution in [0.15, 0.2) is 79.0 Å². The molecule has 2 aromatic carbocycles. The van der Waals surface area contributed by atoms with Crippen LogP contribution in [0.25, 0.3) is 10.8 Å². The summed E-state index contributed by atoms with van der Waals surface area (Å²) in [5.74, 6) is -0.909. The number of aromatic nitrogens is 1. The molecule has 2 saturated carbocycles. The van der Waals surface area contributed by atoms with Crippen molar-refractivity contribution in [2.45, 2.75) is 87.6 Å². The number of ether oxygens (including phenoxy) is 1. The van der Waals surface area contributed by atoms with Gasteiger partial charge in [-0.25, -0.2) is 13.4 Å². The van der Waals surface area contributed by atoms with E-state index in [1.54, 1.807) is 18.0 Å². The first-order valence-electron chi connectivity index (χ1n) is 17.2. The number of carbonyl (C=O) groups excluding carboxylic acids is 3. The topological polar surface area (TPSA) is 161 Å². The molecule has 4 N–H and O–H groups in total. The lowest BCUT2D eigenvalue weighted by atomic mass is 10.0. The first-order chi connectivity index (χ1) is 23.5. The summed E-state index contributed by atoms with van der Waals surface area (Å²) in [6.45, 7) is 1.89. The number of nitrogens with zero attached hydrogens (tertiary/aromatic N) is 2. The van der Waals surface area contributed by atoms with Crippen molar-refractivity contribution in [3.63, 3.8) is 0 Å². The maximum atomic E-state index is 14.1. The highest BCUT2D eigenvalue weighted by atomic mass is 32.2. The Balaban J connectivity index is 1.01. The second kappa shape index (κ2) is 14.6. The summed E-state index contributed by atoms with van der Waals surface area (Å²) in [5, 5.41) is 5.23. The van der Waals surface area contributed by atoms with E-state index < -0.39 is 44.8 Å². The highest BCUT2D eigenvalue weighted by Gasteiger charge is 2.52. The Kier molecular flexibility index (Phi) is 10.2. The molecule has 3 amide bonds. The normalized spacial score (nSPS) is 23.2. The molecule has 5 atom stereocenters. The third kappa shape index (κ3) is 8.24. The van der Waals surface area contributed by atoms with Crippen molar-refractivity contribution in [3.8, 4) is 5.88 Å². The number of likely N-dealkylation sites (tertiary alicyclic amines) is 1. The number of fused-ring (bicyclic) bond motifs is 1. The number of primary amides is 1. The van der Waals surface area contributed by atoms with Crippen LogP contribution in [0.3, 0.4) is 0 Å². The van der Waals surface area contributed by atoms with Crippen molar-refractivity contribution < 1.29 is 27.5 Å². The molecule has 11 nitrogen and oxygen atoms in total. The van der Waals surface area contributed by atoms with Crippen LogP contribution in [0.5, 0.6) is 5.88 Å². The van der Waals surface area contributed by atoms with Gasteiger partial charge in [0, 0.05) is 29.6 Å². The third-order valence-corrected chi connectivity index (χ3v) is 12.1. The Morgan fingerprint density at radius 1 is 1.04 bits per heavy atom. The van der Waals surface area contributed by atoms with Crippen LogP contribution < -0.4 is 20.5 Å². The van der Waals surface area contributed by atoms with Crippen molar-refractivity contribution in [3.05, 3.63) is 79.0 Å². The number of nitrogens with one attached hydrogen (secondary N) is 2. The van der Waals surface area contributed by atoms with E-state index in [0.717, 1.165) is 42.1 Å². The molecule has 3 aliphatic rings. The van der Waals surface area contributed by atoms with E-state index >= 15 is 0 Å². The van der Waals surface area contributed by atoms with E-state index in [2.05, 4.69) is 21.1 Å². The van der Waals surface area contributed by atoms with Gasteiger partial charge in [0.15, 0.2) is 0 Å². The minimum Gasteiger partial charge on any atom is -0.472 e. The number of anilines is 1. The summed E-state index contributed by atoms with van der Waals surface area (Å²) >= 11 is 0. The number of rotatable bonds is 16. The smallest absolute Gasteiger partial charge is 0.245 e. The average molecular weight is 688 g/mol. The second-order valence-corrected chi connectivity index (χ2v) is 16.0. The molecule has 6 rings (SSSR count). The summed E-state index contributed by atoms with van der Waals surface area (Å²) < 4.78 is 32.5. The molecular weight excluding hydrogens is 643 g/mol. The number of amides is 3. The number of nitrogens with two attached hydrogens (primary N) is 1. The predicted molar refractivity (Wildman–Crippen MR) is 188 cm³/mol. The van der Waals surface area contributed by atoms with Crippen molar-refractivity contribution in [1.29, 1.82) is 0 Å². The number of allylic oxidation sites excluding steroid dienone is 2. The van der Waals surface area contributed by atoms with Crippen molar-refractivity contribution in [2.24, 2.45) is 17.6 Å². The molecule has 0 bridgehead atoms. The van der Waals surface area contributed by atoms with Crippen LogP contribution in [0.1, 0.15) is 64.7 Å². The fourth-order valence-corrected chi connectivity index (χ4v) is 7.80. The molecule has 2 aliphatic carbocycles. The molecule has 3 aromatic rings. The summed E-state index contributed by atoms with van der Waals surface area (Å²) in [6.07, 6.45) is 11.4. The summed E-state index contributed by atoms with van der Waals surface area (Å²) in [6, 6.07) is 17.9. The molecule has 49 heavy (non-hydrogen) atoms. The number of pyridine rings is 1. The molecule has 1 unspecified atom stereocenters. The quantitative estimate of drug-likeness (QED) is 0.144. The number of benzene rings is 2. The number of unbranched alkanes of at least 4 members (excludes halogenated alkanes) is 3. The SMILES string of the molecule is CC1(S(=O)(=O)NC(=O)[C@H]2C[C@H]2/C=C\CCCCC[C@H](Nc2ccccc2)C(=O)N2CC(Oc3nccc4ccccc34)C[C@H]2C(N)=O)CC1. The van der Waals surface area contributed by atoms with E-state index in [1.165, 1.54) is 0 Å². The molecule has 0 radical (unpaired) electrons. The summed E-state index contributed by atoms with van der Waals surface area (Å²) in [7, 11) is -3.61. The van der Waals surface area contributed by atoms with Gasteiger partial charge in [0.1, 0.15) is 18.2 Å². The van der Waals surface area contributed by atoms with Crippen LogP contribution in [-0.4, -0.2) is 65.5 Å². The van der Waals surface area contributed by atoms with Gasteiger partial charge in [-0.1, -0.05) is 61.4 Å². The minimum absolute atomic E-state index is 0.0714. The number of hydrogen-bond donors (Lipinski definition) is 3. The number of sulfonamides is 1. The van der Waals surface area contributed by atoms with E-state index in [4.69, 9.17) is 10.5 Å². The molecule has 1 saturated heterocycles. The predicted octanol–water partition coefficient (Wildman–Crippen LogP) is 4.69. The van der Waals surface area contributed by atoms with E-state index in [1.807, 2.05) is 66.7 Å². The van der Waals surface area contributed by atoms with Crippen molar-refractivity contribution in [1.82, 2.24) is 14.6 Å². The summed E-state index contributed by atoms with van der Waals surface area (Å²) in [5.41, 5.74) is 6.62. The van der Waals surface area contributed by atoms with Crippen LogP contribution in [-0.2, 0) is 24.4 Å². The maximum absolute atomic E-state index is 14.1. The standard InChI is InChI=1S/C37H45N5O6S/c1-37(19-20-37)49(46,47)41-34(44)30-22-26(30)13-6-3-2-4-9-17-31(40-27-14-7-5-8-15-27)36(45)42-24-28(23-32(42)33(38)43)48-35-29-16-11-10-12-25(29)18-21-39-35/h5-8,10-16,18,21,26,28,30-32,40H,2-4,9,17,19-20,22-24H2,1H3,(H2,38,43)(H,41,44)/b13-6-/t26-,28?,30+,31+,32+/m1/s1. The zero-order chi connectivity index (χ0) is 34.6. The van der Waals surface area contributed by atoms with Gasteiger partial charge >= 0.3 is 0 Å². The van der Waals surface area contributed by atoms with Gasteiger partial charge in [-0.05, 0) is 81.0 Å². The third-order valence-electron chi connectivity index (χ3n) is 9.96. The molecule has 1 aliphatic heterocycles. The number of carbonyl (C=O) groups is 3. The monoisotopic (exact) mass is 687 g/mol. The molecular formula is C37H45N5O6S. The fraction of sp³-hybridized carbons (Fsp3) is 0.459. The highest BCUT2D eigenvalue weighted by Crippen LogP contribution is 2.44. The number of para-hydroxylation sites is 1. The fourth-order valence-electron chi connectivity index (χ4n) is 6.50. The first kappa shape index (κ1) is 34.4. The van der Waals surface area contributed by atoms with Gasteiger partial charge in [0.2, 0.25) is 33.6 Å². The lowest BCUT2D eigenvalue weighted by Crippen LogP contribution is -2.49. The van der Waals surface area contributed by atoms with Gasteiger partial charge in [0.25, 0.3) is 0 Å². The highest BCUT2D eigenvalue weighted by molar-refractivity contribution is 7.91. The first-order valence-corrected chi connectivity index (χ1v) is 18.7. The maximum Gasteiger partial charge on any atom is 0.245 e. The van der Waals surface area contributed by atoms with Crippen LogP contribution >= 0.6 is 0 Å². The Morgan fingerprint density at radius 3 is 2.55 bits per heavy atom. The van der Waals surface area contributed by atoms with Crippen LogP contribution in [0.4, 0.5) is 5.69 Å². The van der Waals surface area contributed by atoms with Crippen molar-refractivity contribution >= 4 is 44.2 Å². The van der Waals surface area contributed by atoms with E-state index in [-0.39, 0.29) is 30.7 Å². The Labute approximate surface area is 287 Å². The average Bonchev–Trinajstić information content (AvgIpc) is 4.00. The largest absolute Gasteiger partial charge is 0.472 e. The van der Waals surface area contributed by atoms with Gasteiger partial charge < -0.3 is 20.7 Å². The zero-order valence-corrected chi connectivity index (χ0v) is 28.6. The molecule has 0 spiro atoms. The van der Waals surface area contributed by atoms with E-state index in [0.29, 0.717) is 31.6 Å². The van der Waals surface area contributed by atoms with Crippen LogP contribution in [0, 0.1) is 11.8 Å². The Hall–Kier alpha value is -4.45. The van der Waals surface area contributed by atoms with Gasteiger partial charge in [0.05, 0.1) is 11.3 Å². The lowest BCUT2D eigenvalue weighted by molar-refractivity contribution is -0.138.